The molecule has 0 spiro atoms. The summed E-state index contributed by atoms with van der Waals surface area (Å²) < 4.78 is 5.34. The molecule has 200 valence electrons. The van der Waals surface area contributed by atoms with Gasteiger partial charge in [0.25, 0.3) is 0 Å². The van der Waals surface area contributed by atoms with E-state index >= 15 is 0 Å². The summed E-state index contributed by atoms with van der Waals surface area (Å²) in [5, 5.41) is 3.05. The third-order valence-corrected chi connectivity index (χ3v) is 6.70. The molecular formula is C31H54N2O2. The Balaban J connectivity index is 1.78. The third-order valence-electron chi connectivity index (χ3n) is 6.70. The van der Waals surface area contributed by atoms with Crippen molar-refractivity contribution in [3.8, 4) is 23.7 Å². The summed E-state index contributed by atoms with van der Waals surface area (Å²) >= 11 is 0. The van der Waals surface area contributed by atoms with Gasteiger partial charge in [-0.05, 0) is 31.1 Å². The van der Waals surface area contributed by atoms with E-state index in [0.717, 1.165) is 71.5 Å². The Kier molecular flexibility index (Phi) is 23.1. The second kappa shape index (κ2) is 25.6. The van der Waals surface area contributed by atoms with Gasteiger partial charge < -0.3 is 10.1 Å². The Morgan fingerprint density at radius 3 is 1.74 bits per heavy atom. The van der Waals surface area contributed by atoms with E-state index in [9.17, 15) is 4.79 Å². The van der Waals surface area contributed by atoms with Gasteiger partial charge in [-0.1, -0.05) is 102 Å². The van der Waals surface area contributed by atoms with Crippen LogP contribution >= 0.6 is 0 Å². The van der Waals surface area contributed by atoms with E-state index < -0.39 is 0 Å². The van der Waals surface area contributed by atoms with Gasteiger partial charge in [-0.15, -0.1) is 0 Å². The topological polar surface area (TPSA) is 41.6 Å². The summed E-state index contributed by atoms with van der Waals surface area (Å²) in [5.41, 5.74) is 0. The number of carbonyl (C=O) groups excluding carboxylic acids is 1. The van der Waals surface area contributed by atoms with E-state index in [4.69, 9.17) is 4.74 Å². The highest BCUT2D eigenvalue weighted by molar-refractivity contribution is 5.75. The number of rotatable bonds is 21. The fraction of sp³-hybridized carbons (Fsp3) is 0.839. The third kappa shape index (κ3) is 22.7. The molecule has 0 aromatic carbocycles. The van der Waals surface area contributed by atoms with Crippen molar-refractivity contribution in [1.82, 2.24) is 10.2 Å². The Morgan fingerprint density at radius 1 is 0.714 bits per heavy atom. The first kappa shape index (κ1) is 31.5. The zero-order valence-corrected chi connectivity index (χ0v) is 22.9. The monoisotopic (exact) mass is 486 g/mol. The number of morpholine rings is 1. The van der Waals surface area contributed by atoms with Crippen LogP contribution in [0.25, 0.3) is 0 Å². The summed E-state index contributed by atoms with van der Waals surface area (Å²) in [6.07, 6.45) is 23.3. The lowest BCUT2D eigenvalue weighted by Gasteiger charge is -2.26. The Bertz CT molecular complexity index is 605. The first-order chi connectivity index (χ1) is 17.3. The molecule has 1 aliphatic heterocycles. The van der Waals surface area contributed by atoms with Crippen molar-refractivity contribution in [2.45, 2.75) is 129 Å². The molecule has 0 atom stereocenters. The van der Waals surface area contributed by atoms with Crippen LogP contribution in [0.1, 0.15) is 129 Å². The van der Waals surface area contributed by atoms with E-state index in [1.54, 1.807) is 0 Å². The number of unbranched alkanes of at least 4 members (excludes halogenated alkanes) is 16. The second-order valence-corrected chi connectivity index (χ2v) is 9.96. The fourth-order valence-corrected chi connectivity index (χ4v) is 4.39. The highest BCUT2D eigenvalue weighted by Gasteiger charge is 2.09. The lowest BCUT2D eigenvalue weighted by molar-refractivity contribution is -0.121. The van der Waals surface area contributed by atoms with Crippen molar-refractivity contribution in [3.05, 3.63) is 0 Å². The Labute approximate surface area is 217 Å². The van der Waals surface area contributed by atoms with Crippen molar-refractivity contribution < 1.29 is 9.53 Å². The largest absolute Gasteiger partial charge is 0.379 e. The predicted molar refractivity (Wildman–Crippen MR) is 149 cm³/mol. The standard InChI is InChI=1S/C31H54N2O2/c1-2-3-4-5-6-7-8-9-10-11-12-13-14-15-16-17-18-19-20-21-22-23-24-31(34)32-25-26-33-27-29-35-30-28-33/h2-12,17-30H2,1H3,(H,32,34). The van der Waals surface area contributed by atoms with Crippen molar-refractivity contribution in [2.24, 2.45) is 0 Å². The summed E-state index contributed by atoms with van der Waals surface area (Å²) in [5.74, 6) is 12.6. The van der Waals surface area contributed by atoms with Gasteiger partial charge in [-0.2, -0.15) is 0 Å². The maximum atomic E-state index is 11.9. The number of nitrogens with one attached hydrogen (secondary N) is 1. The molecule has 0 radical (unpaired) electrons. The highest BCUT2D eigenvalue weighted by atomic mass is 16.5. The van der Waals surface area contributed by atoms with Crippen LogP contribution in [0.15, 0.2) is 0 Å². The normalized spacial score (nSPS) is 13.5. The first-order valence-electron chi connectivity index (χ1n) is 14.9. The van der Waals surface area contributed by atoms with Crippen LogP contribution in [-0.2, 0) is 9.53 Å². The first-order valence-corrected chi connectivity index (χ1v) is 14.9. The Hall–Kier alpha value is -1.49. The van der Waals surface area contributed by atoms with Crippen molar-refractivity contribution in [3.63, 3.8) is 0 Å². The van der Waals surface area contributed by atoms with Gasteiger partial charge in [0.15, 0.2) is 0 Å². The predicted octanol–water partition coefficient (Wildman–Crippen LogP) is 6.87. The minimum absolute atomic E-state index is 0.197. The molecule has 1 saturated heterocycles. The van der Waals surface area contributed by atoms with Gasteiger partial charge in [-0.3, -0.25) is 9.69 Å². The van der Waals surface area contributed by atoms with Crippen LogP contribution in [0.3, 0.4) is 0 Å². The minimum atomic E-state index is 0.197. The van der Waals surface area contributed by atoms with Crippen LogP contribution in [0.2, 0.25) is 0 Å². The number of carbonyl (C=O) groups is 1. The van der Waals surface area contributed by atoms with Gasteiger partial charge >= 0.3 is 0 Å². The number of hydrogen-bond donors (Lipinski definition) is 1. The van der Waals surface area contributed by atoms with E-state index in [2.05, 4.69) is 40.8 Å². The molecule has 0 bridgehead atoms. The average molecular weight is 487 g/mol. The lowest BCUT2D eigenvalue weighted by atomic mass is 10.1. The van der Waals surface area contributed by atoms with E-state index in [0.29, 0.717) is 6.42 Å². The molecule has 4 heteroatoms. The molecule has 0 aliphatic carbocycles. The number of nitrogens with zero attached hydrogens (tertiary/aromatic N) is 1. The average Bonchev–Trinajstić information content (AvgIpc) is 2.87. The molecule has 1 amide bonds. The molecule has 0 aromatic rings. The van der Waals surface area contributed by atoms with Gasteiger partial charge in [0.2, 0.25) is 5.91 Å². The van der Waals surface area contributed by atoms with Crippen LogP contribution in [-0.4, -0.2) is 50.2 Å². The molecule has 1 heterocycles. The number of amides is 1. The zero-order valence-electron chi connectivity index (χ0n) is 22.9. The molecule has 0 aromatic heterocycles. The SMILES string of the molecule is CCCCCCCCCCCCC#CC#CCCCCCCCCC(=O)NCCN1CCOCC1. The molecule has 0 unspecified atom stereocenters. The van der Waals surface area contributed by atoms with Gasteiger partial charge in [0.05, 0.1) is 13.2 Å². The molecule has 1 N–H and O–H groups in total. The van der Waals surface area contributed by atoms with Crippen LogP contribution in [0, 0.1) is 23.7 Å². The zero-order chi connectivity index (χ0) is 25.1. The maximum Gasteiger partial charge on any atom is 0.220 e. The van der Waals surface area contributed by atoms with Crippen LogP contribution < -0.4 is 5.32 Å². The number of ether oxygens (including phenoxy) is 1. The summed E-state index contributed by atoms with van der Waals surface area (Å²) in [6, 6.07) is 0. The maximum absolute atomic E-state index is 11.9. The smallest absolute Gasteiger partial charge is 0.220 e. The van der Waals surface area contributed by atoms with Gasteiger partial charge in [-0.25, -0.2) is 0 Å². The van der Waals surface area contributed by atoms with Crippen molar-refractivity contribution >= 4 is 5.91 Å². The molecule has 1 fully saturated rings. The van der Waals surface area contributed by atoms with E-state index in [1.807, 2.05) is 0 Å². The quantitative estimate of drug-likeness (QED) is 0.142. The highest BCUT2D eigenvalue weighted by Crippen LogP contribution is 2.11. The van der Waals surface area contributed by atoms with Crippen LogP contribution in [0.5, 0.6) is 0 Å². The second-order valence-electron chi connectivity index (χ2n) is 9.96. The molecular weight excluding hydrogens is 432 g/mol. The van der Waals surface area contributed by atoms with Crippen LogP contribution in [0.4, 0.5) is 0 Å². The van der Waals surface area contributed by atoms with Crippen molar-refractivity contribution in [2.75, 3.05) is 39.4 Å². The summed E-state index contributed by atoms with van der Waals surface area (Å²) in [6.45, 7) is 7.55. The lowest BCUT2D eigenvalue weighted by Crippen LogP contribution is -2.41. The van der Waals surface area contributed by atoms with E-state index in [1.165, 1.54) is 83.5 Å². The molecule has 1 rings (SSSR count). The fourth-order valence-electron chi connectivity index (χ4n) is 4.39. The molecule has 0 saturated carbocycles. The van der Waals surface area contributed by atoms with E-state index in [-0.39, 0.29) is 5.91 Å². The number of hydrogen-bond acceptors (Lipinski definition) is 3. The minimum Gasteiger partial charge on any atom is -0.379 e. The molecule has 35 heavy (non-hydrogen) atoms. The summed E-state index contributed by atoms with van der Waals surface area (Å²) in [4.78, 5) is 14.3. The molecule has 1 aliphatic rings. The summed E-state index contributed by atoms with van der Waals surface area (Å²) in [7, 11) is 0. The van der Waals surface area contributed by atoms with Gasteiger partial charge in [0, 0.05) is 45.4 Å². The molecule has 4 nitrogen and oxygen atoms in total. The van der Waals surface area contributed by atoms with Gasteiger partial charge in [0.1, 0.15) is 0 Å². The van der Waals surface area contributed by atoms with Crippen molar-refractivity contribution in [1.29, 1.82) is 0 Å². The Morgan fingerprint density at radius 2 is 1.20 bits per heavy atom.